The van der Waals surface area contributed by atoms with Gasteiger partial charge in [0.15, 0.2) is 0 Å². The molecule has 0 spiro atoms. The minimum atomic E-state index is -3.16. The van der Waals surface area contributed by atoms with Gasteiger partial charge in [0.2, 0.25) is 5.91 Å². The molecule has 1 aliphatic carbocycles. The highest BCUT2D eigenvalue weighted by Crippen LogP contribution is 2.51. The van der Waals surface area contributed by atoms with E-state index in [1.54, 1.807) is 18.2 Å². The van der Waals surface area contributed by atoms with E-state index in [0.29, 0.717) is 24.4 Å². The van der Waals surface area contributed by atoms with Crippen LogP contribution in [0.25, 0.3) is 0 Å². The average molecular weight is 412 g/mol. The van der Waals surface area contributed by atoms with E-state index in [0.717, 1.165) is 23.4 Å². The van der Waals surface area contributed by atoms with Crippen molar-refractivity contribution in [2.24, 2.45) is 5.41 Å². The molecule has 2 aromatic rings. The zero-order chi connectivity index (χ0) is 21.3. The second-order valence-corrected chi connectivity index (χ2v) is 9.91. The van der Waals surface area contributed by atoms with E-state index in [9.17, 15) is 13.6 Å². The van der Waals surface area contributed by atoms with Crippen molar-refractivity contribution in [1.82, 2.24) is 0 Å². The SMILES string of the molecule is CC(C)(C)C1Cc2cc(NC(=O)C3(c4ccc5c(c4)CC(F)(F)O5)CC3)ccc2N1. The van der Waals surface area contributed by atoms with Gasteiger partial charge in [-0.05, 0) is 60.1 Å². The molecule has 158 valence electrons. The molecular weight excluding hydrogens is 386 g/mol. The van der Waals surface area contributed by atoms with E-state index in [2.05, 4.69) is 36.1 Å². The monoisotopic (exact) mass is 412 g/mol. The lowest BCUT2D eigenvalue weighted by Gasteiger charge is -2.27. The molecule has 0 saturated heterocycles. The molecule has 0 bridgehead atoms. The Morgan fingerprint density at radius 2 is 1.90 bits per heavy atom. The van der Waals surface area contributed by atoms with Crippen molar-refractivity contribution >= 4 is 17.3 Å². The highest BCUT2D eigenvalue weighted by Gasteiger charge is 2.52. The number of carbonyl (C=O) groups excluding carboxylic acids is 1. The van der Waals surface area contributed by atoms with Crippen LogP contribution in [0, 0.1) is 5.41 Å². The number of hydrogen-bond donors (Lipinski definition) is 2. The predicted molar refractivity (Wildman–Crippen MR) is 112 cm³/mol. The first kappa shape index (κ1) is 19.3. The number of benzene rings is 2. The first-order valence-corrected chi connectivity index (χ1v) is 10.5. The first-order valence-electron chi connectivity index (χ1n) is 10.5. The summed E-state index contributed by atoms with van der Waals surface area (Å²) in [6.07, 6.45) is -1.25. The molecule has 5 rings (SSSR count). The van der Waals surface area contributed by atoms with Gasteiger partial charge in [-0.15, -0.1) is 0 Å². The Bertz CT molecular complexity index is 1040. The van der Waals surface area contributed by atoms with Crippen LogP contribution >= 0.6 is 0 Å². The number of fused-ring (bicyclic) bond motifs is 2. The van der Waals surface area contributed by atoms with E-state index in [4.69, 9.17) is 0 Å². The lowest BCUT2D eigenvalue weighted by atomic mass is 9.85. The van der Waals surface area contributed by atoms with Crippen LogP contribution in [-0.4, -0.2) is 18.1 Å². The molecule has 1 atom stereocenters. The van der Waals surface area contributed by atoms with Gasteiger partial charge in [0, 0.05) is 23.0 Å². The van der Waals surface area contributed by atoms with Gasteiger partial charge in [-0.1, -0.05) is 32.9 Å². The van der Waals surface area contributed by atoms with Crippen LogP contribution in [0.1, 0.15) is 50.3 Å². The molecule has 6 heteroatoms. The molecule has 2 N–H and O–H groups in total. The van der Waals surface area contributed by atoms with Crippen LogP contribution in [0.4, 0.5) is 20.2 Å². The third-order valence-corrected chi connectivity index (χ3v) is 6.62. The number of hydrogen-bond acceptors (Lipinski definition) is 3. The number of nitrogens with one attached hydrogen (secondary N) is 2. The molecule has 2 aliphatic heterocycles. The van der Waals surface area contributed by atoms with Crippen molar-refractivity contribution in [2.45, 2.75) is 64.0 Å². The zero-order valence-electron chi connectivity index (χ0n) is 17.4. The van der Waals surface area contributed by atoms with E-state index < -0.39 is 17.9 Å². The standard InChI is InChI=1S/C24H26F2N2O2/c1-22(2,3)20-12-14-11-17(5-6-18(14)28-20)27-21(29)23(8-9-23)16-4-7-19-15(10-16)13-24(25,26)30-19/h4-7,10-11,20,28H,8-9,12-13H2,1-3H3,(H,27,29). The van der Waals surface area contributed by atoms with Crippen LogP contribution in [0.3, 0.4) is 0 Å². The smallest absolute Gasteiger partial charge is 0.402 e. The number of ether oxygens (including phenoxy) is 1. The van der Waals surface area contributed by atoms with E-state index in [1.165, 1.54) is 5.56 Å². The summed E-state index contributed by atoms with van der Waals surface area (Å²) in [5.41, 5.74) is 3.86. The van der Waals surface area contributed by atoms with E-state index in [-0.39, 0.29) is 17.1 Å². The van der Waals surface area contributed by atoms with Crippen LogP contribution in [0.15, 0.2) is 36.4 Å². The van der Waals surface area contributed by atoms with Crippen LogP contribution < -0.4 is 15.4 Å². The maximum absolute atomic E-state index is 13.5. The molecule has 1 amide bonds. The third kappa shape index (κ3) is 3.22. The molecule has 1 saturated carbocycles. The van der Waals surface area contributed by atoms with Gasteiger partial charge in [0.25, 0.3) is 0 Å². The zero-order valence-corrected chi connectivity index (χ0v) is 17.4. The second kappa shape index (κ2) is 6.19. The fourth-order valence-corrected chi connectivity index (χ4v) is 4.52. The van der Waals surface area contributed by atoms with Gasteiger partial charge in [-0.2, -0.15) is 8.78 Å². The fourth-order valence-electron chi connectivity index (χ4n) is 4.52. The summed E-state index contributed by atoms with van der Waals surface area (Å²) in [6, 6.07) is 11.4. The lowest BCUT2D eigenvalue weighted by Crippen LogP contribution is -2.31. The first-order chi connectivity index (χ1) is 14.1. The van der Waals surface area contributed by atoms with Gasteiger partial charge in [-0.25, -0.2) is 0 Å². The number of carbonyl (C=O) groups is 1. The quantitative estimate of drug-likeness (QED) is 0.722. The van der Waals surface area contributed by atoms with Gasteiger partial charge < -0.3 is 15.4 Å². The summed E-state index contributed by atoms with van der Waals surface area (Å²) in [5.74, 6) is 0.130. The summed E-state index contributed by atoms with van der Waals surface area (Å²) >= 11 is 0. The molecule has 3 aliphatic rings. The molecule has 2 aromatic carbocycles. The molecule has 1 unspecified atom stereocenters. The second-order valence-electron chi connectivity index (χ2n) is 9.91. The molecule has 1 fully saturated rings. The summed E-state index contributed by atoms with van der Waals surface area (Å²) < 4.78 is 31.7. The number of anilines is 2. The predicted octanol–water partition coefficient (Wildman–Crippen LogP) is 5.27. The van der Waals surface area contributed by atoms with E-state index >= 15 is 0 Å². The van der Waals surface area contributed by atoms with Crippen molar-refractivity contribution in [2.75, 3.05) is 10.6 Å². The van der Waals surface area contributed by atoms with E-state index in [1.807, 2.05) is 18.2 Å². The Balaban J connectivity index is 1.34. The topological polar surface area (TPSA) is 50.4 Å². The minimum Gasteiger partial charge on any atom is -0.432 e. The van der Waals surface area contributed by atoms with Gasteiger partial charge in [0.05, 0.1) is 11.8 Å². The molecule has 2 heterocycles. The Morgan fingerprint density at radius 3 is 2.60 bits per heavy atom. The minimum absolute atomic E-state index is 0.0774. The van der Waals surface area contributed by atoms with Crippen molar-refractivity contribution < 1.29 is 18.3 Å². The van der Waals surface area contributed by atoms with Crippen LogP contribution in [0.5, 0.6) is 5.75 Å². The average Bonchev–Trinajstić information content (AvgIpc) is 3.24. The fraction of sp³-hybridized carbons (Fsp3) is 0.458. The van der Waals surface area contributed by atoms with Crippen molar-refractivity contribution in [3.63, 3.8) is 0 Å². The van der Waals surface area contributed by atoms with Crippen LogP contribution in [-0.2, 0) is 23.1 Å². The van der Waals surface area contributed by atoms with Gasteiger partial charge in [0.1, 0.15) is 5.75 Å². The van der Waals surface area contributed by atoms with Crippen molar-refractivity contribution in [1.29, 1.82) is 0 Å². The summed E-state index contributed by atoms with van der Waals surface area (Å²) in [7, 11) is 0. The Hall–Kier alpha value is -2.63. The summed E-state index contributed by atoms with van der Waals surface area (Å²) in [4.78, 5) is 13.1. The third-order valence-electron chi connectivity index (χ3n) is 6.62. The highest BCUT2D eigenvalue weighted by atomic mass is 19.3. The van der Waals surface area contributed by atoms with Gasteiger partial charge >= 0.3 is 6.11 Å². The molecular formula is C24H26F2N2O2. The molecule has 30 heavy (non-hydrogen) atoms. The molecule has 0 aromatic heterocycles. The highest BCUT2D eigenvalue weighted by molar-refractivity contribution is 6.01. The molecule has 4 nitrogen and oxygen atoms in total. The number of rotatable bonds is 3. The molecule has 0 radical (unpaired) electrons. The Labute approximate surface area is 175 Å². The van der Waals surface area contributed by atoms with Gasteiger partial charge in [-0.3, -0.25) is 4.79 Å². The van der Waals surface area contributed by atoms with Crippen molar-refractivity contribution in [3.8, 4) is 5.75 Å². The lowest BCUT2D eigenvalue weighted by molar-refractivity contribution is -0.159. The Morgan fingerprint density at radius 1 is 1.13 bits per heavy atom. The normalized spacial score (nSPS) is 22.5. The maximum Gasteiger partial charge on any atom is 0.402 e. The largest absolute Gasteiger partial charge is 0.432 e. The van der Waals surface area contributed by atoms with Crippen molar-refractivity contribution in [3.05, 3.63) is 53.1 Å². The number of alkyl halides is 2. The Kier molecular flexibility index (Phi) is 3.99. The number of halogens is 2. The number of amides is 1. The van der Waals surface area contributed by atoms with Crippen LogP contribution in [0.2, 0.25) is 0 Å². The maximum atomic E-state index is 13.5. The summed E-state index contributed by atoms with van der Waals surface area (Å²) in [5, 5.41) is 6.63. The summed E-state index contributed by atoms with van der Waals surface area (Å²) in [6.45, 7) is 6.65.